The predicted molar refractivity (Wildman–Crippen MR) is 81.3 cm³/mol. The van der Waals surface area contributed by atoms with E-state index in [0.717, 1.165) is 11.2 Å². The summed E-state index contributed by atoms with van der Waals surface area (Å²) < 4.78 is 0. The highest BCUT2D eigenvalue weighted by Crippen LogP contribution is 2.26. The van der Waals surface area contributed by atoms with Gasteiger partial charge in [0.25, 0.3) is 0 Å². The van der Waals surface area contributed by atoms with Gasteiger partial charge in [-0.25, -0.2) is 0 Å². The minimum absolute atomic E-state index is 0.899. The molecule has 2 nitrogen and oxygen atoms in total. The third kappa shape index (κ3) is 5.01. The first kappa shape index (κ1) is 14.0. The van der Waals surface area contributed by atoms with Crippen molar-refractivity contribution < 1.29 is 0 Å². The number of hydrogen-bond acceptors (Lipinski definition) is 4. The standard InChI is InChI=1S/C13H26N2S2/c1-2-4-14-8-12-3-5-15(9-12)10-13-11-16-6-7-17-13/h12-14H,2-11H2,1H3. The van der Waals surface area contributed by atoms with Gasteiger partial charge in [0.15, 0.2) is 0 Å². The topological polar surface area (TPSA) is 15.3 Å². The lowest BCUT2D eigenvalue weighted by molar-refractivity contribution is 0.327. The van der Waals surface area contributed by atoms with Crippen molar-refractivity contribution in [3.63, 3.8) is 0 Å². The molecule has 2 aliphatic heterocycles. The monoisotopic (exact) mass is 274 g/mol. The fourth-order valence-corrected chi connectivity index (χ4v) is 5.37. The summed E-state index contributed by atoms with van der Waals surface area (Å²) in [5, 5.41) is 4.46. The highest BCUT2D eigenvalue weighted by molar-refractivity contribution is 8.06. The first-order chi connectivity index (χ1) is 8.38. The van der Waals surface area contributed by atoms with Crippen molar-refractivity contribution in [2.45, 2.75) is 25.0 Å². The molecule has 2 heterocycles. The highest BCUT2D eigenvalue weighted by Gasteiger charge is 2.25. The second-order valence-electron chi connectivity index (χ2n) is 5.19. The Morgan fingerprint density at radius 2 is 2.29 bits per heavy atom. The van der Waals surface area contributed by atoms with Crippen LogP contribution in [0.25, 0.3) is 0 Å². The number of thioether (sulfide) groups is 2. The molecule has 4 heteroatoms. The Hall–Kier alpha value is 0.620. The van der Waals surface area contributed by atoms with Gasteiger partial charge in [0.1, 0.15) is 0 Å². The van der Waals surface area contributed by atoms with E-state index in [1.54, 1.807) is 0 Å². The number of rotatable bonds is 6. The lowest BCUT2D eigenvalue weighted by Crippen LogP contribution is -2.33. The molecule has 0 saturated carbocycles. The summed E-state index contributed by atoms with van der Waals surface area (Å²) in [4.78, 5) is 2.70. The summed E-state index contributed by atoms with van der Waals surface area (Å²) in [6, 6.07) is 0. The van der Waals surface area contributed by atoms with E-state index in [1.165, 1.54) is 62.8 Å². The van der Waals surface area contributed by atoms with Gasteiger partial charge in [-0.05, 0) is 38.4 Å². The molecule has 0 bridgehead atoms. The van der Waals surface area contributed by atoms with Gasteiger partial charge in [0, 0.05) is 35.6 Å². The maximum absolute atomic E-state index is 3.57. The predicted octanol–water partition coefficient (Wildman–Crippen LogP) is 2.16. The van der Waals surface area contributed by atoms with Gasteiger partial charge in [-0.3, -0.25) is 0 Å². The lowest BCUT2D eigenvalue weighted by atomic mass is 10.1. The Kier molecular flexibility index (Phi) is 6.54. The van der Waals surface area contributed by atoms with E-state index in [4.69, 9.17) is 0 Å². The molecule has 0 radical (unpaired) electrons. The molecule has 2 unspecified atom stereocenters. The lowest BCUT2D eigenvalue weighted by Gasteiger charge is -2.26. The van der Waals surface area contributed by atoms with Crippen LogP contribution in [0.3, 0.4) is 0 Å². The zero-order valence-electron chi connectivity index (χ0n) is 11.0. The molecule has 2 fully saturated rings. The minimum Gasteiger partial charge on any atom is -0.316 e. The summed E-state index contributed by atoms with van der Waals surface area (Å²) in [5.74, 6) is 5.01. The minimum atomic E-state index is 0.899. The molecule has 0 aromatic heterocycles. The van der Waals surface area contributed by atoms with Gasteiger partial charge in [-0.15, -0.1) is 0 Å². The third-order valence-electron chi connectivity index (χ3n) is 3.58. The van der Waals surface area contributed by atoms with Crippen LogP contribution in [0.2, 0.25) is 0 Å². The Labute approximate surface area is 115 Å². The summed E-state index contributed by atoms with van der Waals surface area (Å²) in [6.07, 6.45) is 2.66. The van der Waals surface area contributed by atoms with Gasteiger partial charge in [0.2, 0.25) is 0 Å². The van der Waals surface area contributed by atoms with Gasteiger partial charge in [-0.2, -0.15) is 23.5 Å². The van der Waals surface area contributed by atoms with E-state index in [1.807, 2.05) is 0 Å². The Balaban J connectivity index is 1.60. The van der Waals surface area contributed by atoms with Crippen molar-refractivity contribution in [2.24, 2.45) is 5.92 Å². The van der Waals surface area contributed by atoms with Crippen LogP contribution in [0.4, 0.5) is 0 Å². The van der Waals surface area contributed by atoms with Crippen molar-refractivity contribution in [3.05, 3.63) is 0 Å². The Morgan fingerprint density at radius 3 is 3.06 bits per heavy atom. The quantitative estimate of drug-likeness (QED) is 0.746. The summed E-state index contributed by atoms with van der Waals surface area (Å²) in [6.45, 7) is 8.66. The fraction of sp³-hybridized carbons (Fsp3) is 1.00. The third-order valence-corrected chi connectivity index (χ3v) is 6.40. The summed E-state index contributed by atoms with van der Waals surface area (Å²) in [5.41, 5.74) is 0. The molecular weight excluding hydrogens is 248 g/mol. The van der Waals surface area contributed by atoms with Crippen LogP contribution in [0, 0.1) is 5.92 Å². The van der Waals surface area contributed by atoms with E-state index in [-0.39, 0.29) is 0 Å². The zero-order chi connectivity index (χ0) is 11.9. The van der Waals surface area contributed by atoms with Crippen LogP contribution < -0.4 is 5.32 Å². The van der Waals surface area contributed by atoms with Crippen molar-refractivity contribution in [1.29, 1.82) is 0 Å². The number of nitrogens with one attached hydrogen (secondary N) is 1. The van der Waals surface area contributed by atoms with Crippen molar-refractivity contribution >= 4 is 23.5 Å². The average Bonchev–Trinajstić information content (AvgIpc) is 2.79. The van der Waals surface area contributed by atoms with Crippen LogP contribution in [0.15, 0.2) is 0 Å². The molecular formula is C13H26N2S2. The summed E-state index contributed by atoms with van der Waals surface area (Å²) >= 11 is 4.34. The van der Waals surface area contributed by atoms with Gasteiger partial charge < -0.3 is 10.2 Å². The van der Waals surface area contributed by atoms with E-state index >= 15 is 0 Å². The second-order valence-corrected chi connectivity index (χ2v) is 7.74. The first-order valence-corrected chi connectivity index (χ1v) is 9.21. The Bertz CT molecular complexity index is 208. The summed E-state index contributed by atoms with van der Waals surface area (Å²) in [7, 11) is 0. The molecule has 100 valence electrons. The second kappa shape index (κ2) is 7.93. The van der Waals surface area contributed by atoms with Crippen molar-refractivity contribution in [3.8, 4) is 0 Å². The van der Waals surface area contributed by atoms with Crippen LogP contribution in [-0.2, 0) is 0 Å². The molecule has 2 atom stereocenters. The molecule has 17 heavy (non-hydrogen) atoms. The average molecular weight is 274 g/mol. The van der Waals surface area contributed by atoms with Crippen LogP contribution >= 0.6 is 23.5 Å². The van der Waals surface area contributed by atoms with Gasteiger partial charge in [-0.1, -0.05) is 6.92 Å². The zero-order valence-corrected chi connectivity index (χ0v) is 12.6. The molecule has 0 aromatic rings. The first-order valence-electron chi connectivity index (χ1n) is 7.01. The number of hydrogen-bond donors (Lipinski definition) is 1. The molecule has 2 aliphatic rings. The van der Waals surface area contributed by atoms with Gasteiger partial charge in [0.05, 0.1) is 0 Å². The molecule has 2 rings (SSSR count). The van der Waals surface area contributed by atoms with Crippen LogP contribution in [0.5, 0.6) is 0 Å². The van der Waals surface area contributed by atoms with Crippen molar-refractivity contribution in [1.82, 2.24) is 10.2 Å². The molecule has 0 aromatic carbocycles. The Morgan fingerprint density at radius 1 is 1.35 bits per heavy atom. The SMILES string of the molecule is CCCNCC1CCN(CC2CSCCS2)C1. The molecule has 2 saturated heterocycles. The van der Waals surface area contributed by atoms with Gasteiger partial charge >= 0.3 is 0 Å². The maximum atomic E-state index is 3.57. The highest BCUT2D eigenvalue weighted by atomic mass is 32.2. The number of nitrogens with zero attached hydrogens (tertiary/aromatic N) is 1. The van der Waals surface area contributed by atoms with E-state index in [0.29, 0.717) is 0 Å². The molecule has 0 amide bonds. The normalized spacial score (nSPS) is 30.9. The fourth-order valence-electron chi connectivity index (χ4n) is 2.66. The van der Waals surface area contributed by atoms with Crippen LogP contribution in [0.1, 0.15) is 19.8 Å². The van der Waals surface area contributed by atoms with E-state index in [2.05, 4.69) is 40.7 Å². The smallest absolute Gasteiger partial charge is 0.0265 e. The molecule has 0 aliphatic carbocycles. The van der Waals surface area contributed by atoms with E-state index in [9.17, 15) is 0 Å². The molecule has 1 N–H and O–H groups in total. The van der Waals surface area contributed by atoms with Crippen molar-refractivity contribution in [2.75, 3.05) is 50.0 Å². The molecule has 0 spiro atoms. The number of likely N-dealkylation sites (tertiary alicyclic amines) is 1. The maximum Gasteiger partial charge on any atom is 0.0265 e. The largest absolute Gasteiger partial charge is 0.316 e. The van der Waals surface area contributed by atoms with E-state index < -0.39 is 0 Å². The van der Waals surface area contributed by atoms with Crippen LogP contribution in [-0.4, -0.2) is 60.1 Å².